The lowest BCUT2D eigenvalue weighted by atomic mass is 10.1. The van der Waals surface area contributed by atoms with Crippen molar-refractivity contribution in [1.29, 1.82) is 0 Å². The van der Waals surface area contributed by atoms with E-state index in [0.29, 0.717) is 29.3 Å². The van der Waals surface area contributed by atoms with Crippen molar-refractivity contribution < 1.29 is 19.1 Å². The Balaban J connectivity index is 1.66. The number of methoxy groups -OCH3 is 1. The van der Waals surface area contributed by atoms with Crippen molar-refractivity contribution in [1.82, 2.24) is 5.32 Å². The molecular formula is C17H16N2O4. The maximum atomic E-state index is 12.2. The van der Waals surface area contributed by atoms with Gasteiger partial charge in [0.05, 0.1) is 12.8 Å². The van der Waals surface area contributed by atoms with E-state index in [4.69, 9.17) is 9.47 Å². The molecule has 0 aromatic heterocycles. The zero-order chi connectivity index (χ0) is 16.2. The van der Waals surface area contributed by atoms with Crippen molar-refractivity contribution in [2.75, 3.05) is 19.0 Å². The molecule has 0 saturated heterocycles. The Morgan fingerprint density at radius 3 is 3.00 bits per heavy atom. The summed E-state index contributed by atoms with van der Waals surface area (Å²) < 4.78 is 10.5. The van der Waals surface area contributed by atoms with Crippen LogP contribution in [0.2, 0.25) is 0 Å². The van der Waals surface area contributed by atoms with E-state index < -0.39 is 0 Å². The summed E-state index contributed by atoms with van der Waals surface area (Å²) in [7, 11) is 1.56. The van der Waals surface area contributed by atoms with Crippen LogP contribution in [0.4, 0.5) is 5.69 Å². The molecule has 2 aromatic carbocycles. The molecule has 0 bridgehead atoms. The first kappa shape index (κ1) is 14.9. The fourth-order valence-corrected chi connectivity index (χ4v) is 2.28. The van der Waals surface area contributed by atoms with Crippen LogP contribution in [0.5, 0.6) is 11.5 Å². The molecule has 0 spiro atoms. The predicted molar refractivity (Wildman–Crippen MR) is 84.7 cm³/mol. The number of anilines is 1. The van der Waals surface area contributed by atoms with E-state index in [9.17, 15) is 9.59 Å². The Kier molecular flexibility index (Phi) is 4.14. The molecule has 0 unspecified atom stereocenters. The Bertz CT molecular complexity index is 758. The first-order valence-corrected chi connectivity index (χ1v) is 7.13. The number of fused-ring (bicyclic) bond motifs is 1. The highest BCUT2D eigenvalue weighted by molar-refractivity contribution is 5.95. The van der Waals surface area contributed by atoms with Crippen molar-refractivity contribution in [3.63, 3.8) is 0 Å². The Morgan fingerprint density at radius 2 is 2.17 bits per heavy atom. The lowest BCUT2D eigenvalue weighted by molar-refractivity contribution is -0.118. The van der Waals surface area contributed by atoms with Crippen LogP contribution in [0, 0.1) is 0 Å². The molecule has 6 nitrogen and oxygen atoms in total. The summed E-state index contributed by atoms with van der Waals surface area (Å²) in [5.74, 6) is 0.890. The van der Waals surface area contributed by atoms with Crippen molar-refractivity contribution in [2.45, 2.75) is 6.54 Å². The number of amides is 2. The average molecular weight is 312 g/mol. The van der Waals surface area contributed by atoms with Crippen LogP contribution >= 0.6 is 0 Å². The molecule has 6 heteroatoms. The van der Waals surface area contributed by atoms with E-state index in [1.54, 1.807) is 43.5 Å². The molecule has 1 aliphatic rings. The molecule has 118 valence electrons. The first-order valence-electron chi connectivity index (χ1n) is 7.13. The molecule has 2 aromatic rings. The highest BCUT2D eigenvalue weighted by atomic mass is 16.5. The monoisotopic (exact) mass is 312 g/mol. The van der Waals surface area contributed by atoms with Crippen LogP contribution in [0.15, 0.2) is 42.5 Å². The second kappa shape index (κ2) is 6.39. The highest BCUT2D eigenvalue weighted by Gasteiger charge is 2.16. The van der Waals surface area contributed by atoms with Crippen molar-refractivity contribution in [3.8, 4) is 11.5 Å². The normalized spacial score (nSPS) is 12.7. The predicted octanol–water partition coefficient (Wildman–Crippen LogP) is 1.96. The third-order valence-electron chi connectivity index (χ3n) is 3.46. The Hall–Kier alpha value is -3.02. The third kappa shape index (κ3) is 3.42. The van der Waals surface area contributed by atoms with Crippen LogP contribution in [-0.4, -0.2) is 25.5 Å². The van der Waals surface area contributed by atoms with Gasteiger partial charge in [-0.1, -0.05) is 12.1 Å². The number of hydrogen-bond acceptors (Lipinski definition) is 4. The number of ether oxygens (including phenoxy) is 2. The van der Waals surface area contributed by atoms with Crippen LogP contribution in [0.25, 0.3) is 0 Å². The van der Waals surface area contributed by atoms with Crippen LogP contribution in [-0.2, 0) is 11.3 Å². The minimum absolute atomic E-state index is 0.00657. The maximum absolute atomic E-state index is 12.2. The molecule has 1 aliphatic heterocycles. The topological polar surface area (TPSA) is 76.7 Å². The minimum atomic E-state index is -0.184. The van der Waals surface area contributed by atoms with E-state index in [1.165, 1.54) is 0 Å². The van der Waals surface area contributed by atoms with Gasteiger partial charge in [0.25, 0.3) is 11.8 Å². The van der Waals surface area contributed by atoms with E-state index in [-0.39, 0.29) is 18.4 Å². The maximum Gasteiger partial charge on any atom is 0.262 e. The van der Waals surface area contributed by atoms with E-state index in [0.717, 1.165) is 5.56 Å². The van der Waals surface area contributed by atoms with Gasteiger partial charge in [0.1, 0.15) is 11.5 Å². The standard InChI is InChI=1S/C17H16N2O4/c1-22-13-4-2-3-12(8-13)17(21)18-9-11-5-6-14-15(7-11)23-10-16(20)19-14/h2-8H,9-10H2,1H3,(H,18,21)(H,19,20). The van der Waals surface area contributed by atoms with Crippen LogP contribution < -0.4 is 20.1 Å². The molecule has 23 heavy (non-hydrogen) atoms. The number of hydrogen-bond donors (Lipinski definition) is 2. The summed E-state index contributed by atoms with van der Waals surface area (Å²) in [6, 6.07) is 12.4. The first-order chi connectivity index (χ1) is 11.2. The van der Waals surface area contributed by atoms with Crippen LogP contribution in [0.3, 0.4) is 0 Å². The van der Waals surface area contributed by atoms with Crippen molar-refractivity contribution in [2.24, 2.45) is 0 Å². The molecule has 0 fully saturated rings. The summed E-state index contributed by atoms with van der Waals surface area (Å²) in [6.45, 7) is 0.368. The molecule has 0 radical (unpaired) electrons. The number of carbonyl (C=O) groups is 2. The largest absolute Gasteiger partial charge is 0.497 e. The molecule has 0 aliphatic carbocycles. The van der Waals surface area contributed by atoms with Crippen molar-refractivity contribution >= 4 is 17.5 Å². The summed E-state index contributed by atoms with van der Waals surface area (Å²) in [5, 5.41) is 5.57. The van der Waals surface area contributed by atoms with E-state index >= 15 is 0 Å². The SMILES string of the molecule is COc1cccc(C(=O)NCc2ccc3c(c2)OCC(=O)N3)c1. The Labute approximate surface area is 133 Å². The van der Waals surface area contributed by atoms with Gasteiger partial charge in [-0.3, -0.25) is 9.59 Å². The molecule has 0 atom stereocenters. The lowest BCUT2D eigenvalue weighted by Crippen LogP contribution is -2.26. The zero-order valence-corrected chi connectivity index (χ0v) is 12.6. The summed E-state index contributed by atoms with van der Waals surface area (Å²) in [4.78, 5) is 23.4. The number of benzene rings is 2. The van der Waals surface area contributed by atoms with Gasteiger partial charge in [-0.25, -0.2) is 0 Å². The zero-order valence-electron chi connectivity index (χ0n) is 12.6. The molecular weight excluding hydrogens is 296 g/mol. The fourth-order valence-electron chi connectivity index (χ4n) is 2.28. The van der Waals surface area contributed by atoms with Gasteiger partial charge >= 0.3 is 0 Å². The van der Waals surface area contributed by atoms with E-state index in [1.807, 2.05) is 6.07 Å². The minimum Gasteiger partial charge on any atom is -0.497 e. The number of nitrogens with one attached hydrogen (secondary N) is 2. The lowest BCUT2D eigenvalue weighted by Gasteiger charge is -2.18. The van der Waals surface area contributed by atoms with Gasteiger partial charge in [-0.15, -0.1) is 0 Å². The van der Waals surface area contributed by atoms with Gasteiger partial charge < -0.3 is 20.1 Å². The summed E-state index contributed by atoms with van der Waals surface area (Å²) in [6.07, 6.45) is 0. The summed E-state index contributed by atoms with van der Waals surface area (Å²) in [5.41, 5.74) is 2.06. The van der Waals surface area contributed by atoms with Gasteiger partial charge in [0.15, 0.2) is 6.61 Å². The number of carbonyl (C=O) groups excluding carboxylic acids is 2. The van der Waals surface area contributed by atoms with Gasteiger partial charge in [0.2, 0.25) is 0 Å². The second-order valence-corrected chi connectivity index (χ2v) is 5.08. The van der Waals surface area contributed by atoms with Crippen LogP contribution in [0.1, 0.15) is 15.9 Å². The summed E-state index contributed by atoms with van der Waals surface area (Å²) >= 11 is 0. The molecule has 0 saturated carbocycles. The fraction of sp³-hybridized carbons (Fsp3) is 0.176. The van der Waals surface area contributed by atoms with E-state index in [2.05, 4.69) is 10.6 Å². The molecule has 3 rings (SSSR count). The number of rotatable bonds is 4. The van der Waals surface area contributed by atoms with Crippen molar-refractivity contribution in [3.05, 3.63) is 53.6 Å². The smallest absolute Gasteiger partial charge is 0.262 e. The molecule has 2 amide bonds. The van der Waals surface area contributed by atoms with Gasteiger partial charge in [0, 0.05) is 12.1 Å². The second-order valence-electron chi connectivity index (χ2n) is 5.08. The molecule has 2 N–H and O–H groups in total. The van der Waals surface area contributed by atoms with Gasteiger partial charge in [-0.05, 0) is 35.9 Å². The quantitative estimate of drug-likeness (QED) is 0.905. The molecule has 1 heterocycles. The average Bonchev–Trinajstić information content (AvgIpc) is 2.59. The highest BCUT2D eigenvalue weighted by Crippen LogP contribution is 2.28. The van der Waals surface area contributed by atoms with Gasteiger partial charge in [-0.2, -0.15) is 0 Å². The third-order valence-corrected chi connectivity index (χ3v) is 3.46. The Morgan fingerprint density at radius 1 is 1.30 bits per heavy atom.